The van der Waals surface area contributed by atoms with E-state index in [0.717, 1.165) is 22.0 Å². The number of rotatable bonds is 4. The number of aromatic nitrogens is 3. The van der Waals surface area contributed by atoms with Gasteiger partial charge in [0.05, 0.1) is 24.4 Å². The Morgan fingerprint density at radius 3 is 2.59 bits per heavy atom. The van der Waals surface area contributed by atoms with Gasteiger partial charge in [-0.1, -0.05) is 59.6 Å². The molecule has 0 saturated heterocycles. The van der Waals surface area contributed by atoms with Gasteiger partial charge in [0.1, 0.15) is 16.9 Å². The third-order valence-corrected chi connectivity index (χ3v) is 6.37. The molecule has 0 radical (unpaired) electrons. The summed E-state index contributed by atoms with van der Waals surface area (Å²) in [5, 5.41) is 1.19. The van der Waals surface area contributed by atoms with E-state index in [1.165, 1.54) is 6.07 Å². The van der Waals surface area contributed by atoms with E-state index in [0.29, 0.717) is 21.6 Å². The topological polar surface area (TPSA) is 39.8 Å². The fraction of sp³-hybridized carbons (Fsp3) is 0.154. The molecule has 0 amide bonds. The van der Waals surface area contributed by atoms with Crippen molar-refractivity contribution in [2.75, 3.05) is 0 Å². The summed E-state index contributed by atoms with van der Waals surface area (Å²) in [7, 11) is 0. The van der Waals surface area contributed by atoms with Crippen LogP contribution in [0, 0.1) is 12.7 Å². The molecule has 0 N–H and O–H groups in total. The van der Waals surface area contributed by atoms with E-state index in [1.54, 1.807) is 23.0 Å². The van der Waals surface area contributed by atoms with E-state index < -0.39 is 5.82 Å². The summed E-state index contributed by atoms with van der Waals surface area (Å²) in [6, 6.07) is 20.2. The zero-order chi connectivity index (χ0) is 22.4. The highest BCUT2D eigenvalue weighted by atomic mass is 35.5. The van der Waals surface area contributed by atoms with Crippen LogP contribution < -0.4 is 5.56 Å². The zero-order valence-electron chi connectivity index (χ0n) is 17.7. The maximum atomic E-state index is 14.6. The molecule has 2 aromatic heterocycles. The monoisotopic (exact) mass is 445 g/mol. The van der Waals surface area contributed by atoms with Crippen molar-refractivity contribution in [2.24, 2.45) is 0 Å². The lowest BCUT2D eigenvalue weighted by Crippen LogP contribution is -2.26. The van der Waals surface area contributed by atoms with Gasteiger partial charge >= 0.3 is 0 Å². The van der Waals surface area contributed by atoms with Crippen LogP contribution in [0.25, 0.3) is 21.9 Å². The molecule has 3 aromatic carbocycles. The molecule has 2 heterocycles. The Morgan fingerprint density at radius 1 is 1.06 bits per heavy atom. The van der Waals surface area contributed by atoms with Crippen molar-refractivity contribution in [3.05, 3.63) is 111 Å². The molecule has 4 nitrogen and oxygen atoms in total. The maximum absolute atomic E-state index is 14.6. The van der Waals surface area contributed by atoms with Crippen molar-refractivity contribution in [1.82, 2.24) is 14.1 Å². The summed E-state index contributed by atoms with van der Waals surface area (Å²) in [4.78, 5) is 18.4. The number of fused-ring (bicyclic) bond motifs is 3. The molecule has 1 atom stereocenters. The standard InChI is InChI=1S/C26H21ClFN3O/c1-16-11-12-23-19(13-16)24-25(30(23)14-20-21(27)9-6-10-22(20)28)26(32)31(15-29-24)17(2)18-7-4-3-5-8-18/h3-13,15,17H,14H2,1-2H3/t17-/m0/s1. The van der Waals surface area contributed by atoms with Gasteiger partial charge in [0.2, 0.25) is 0 Å². The zero-order valence-corrected chi connectivity index (χ0v) is 18.5. The number of aryl methyl sites for hydroxylation is 1. The van der Waals surface area contributed by atoms with Gasteiger partial charge in [0.15, 0.2) is 0 Å². The van der Waals surface area contributed by atoms with E-state index in [1.807, 2.05) is 66.9 Å². The van der Waals surface area contributed by atoms with Gasteiger partial charge < -0.3 is 4.57 Å². The minimum Gasteiger partial charge on any atom is -0.330 e. The predicted octanol–water partition coefficient (Wildman–Crippen LogP) is 6.11. The molecular weight excluding hydrogens is 425 g/mol. The summed E-state index contributed by atoms with van der Waals surface area (Å²) < 4.78 is 18.1. The Hall–Kier alpha value is -3.44. The molecule has 6 heteroatoms. The molecule has 0 aliphatic rings. The summed E-state index contributed by atoms with van der Waals surface area (Å²) >= 11 is 6.32. The molecule has 0 bridgehead atoms. The first-order valence-electron chi connectivity index (χ1n) is 10.4. The first-order chi connectivity index (χ1) is 15.5. The molecule has 0 aliphatic heterocycles. The Bertz CT molecular complexity index is 1500. The Kier molecular flexibility index (Phi) is 5.06. The Labute approximate surface area is 189 Å². The summed E-state index contributed by atoms with van der Waals surface area (Å²) in [6.07, 6.45) is 1.60. The molecule has 5 rings (SSSR count). The number of benzene rings is 3. The van der Waals surface area contributed by atoms with Crippen molar-refractivity contribution >= 4 is 33.5 Å². The average Bonchev–Trinajstić information content (AvgIpc) is 3.10. The van der Waals surface area contributed by atoms with E-state index >= 15 is 0 Å². The van der Waals surface area contributed by atoms with Crippen molar-refractivity contribution < 1.29 is 4.39 Å². The van der Waals surface area contributed by atoms with Crippen molar-refractivity contribution in [3.63, 3.8) is 0 Å². The Balaban J connectivity index is 1.80. The fourth-order valence-electron chi connectivity index (χ4n) is 4.27. The SMILES string of the molecule is Cc1ccc2c(c1)c1ncn([C@@H](C)c3ccccc3)c(=O)c1n2Cc1c(F)cccc1Cl. The molecule has 0 unspecified atom stereocenters. The van der Waals surface area contributed by atoms with Crippen LogP contribution in [0.2, 0.25) is 5.02 Å². The number of hydrogen-bond donors (Lipinski definition) is 0. The average molecular weight is 446 g/mol. The fourth-order valence-corrected chi connectivity index (χ4v) is 4.49. The van der Waals surface area contributed by atoms with Gasteiger partial charge in [0, 0.05) is 16.0 Å². The first kappa shape index (κ1) is 20.5. The minimum absolute atomic E-state index is 0.134. The molecule has 0 spiro atoms. The van der Waals surface area contributed by atoms with E-state index in [-0.39, 0.29) is 18.1 Å². The van der Waals surface area contributed by atoms with E-state index in [2.05, 4.69) is 4.98 Å². The molecule has 0 fully saturated rings. The summed E-state index contributed by atoms with van der Waals surface area (Å²) in [5.41, 5.74) is 4.11. The van der Waals surface area contributed by atoms with Crippen LogP contribution in [0.5, 0.6) is 0 Å². The number of halogens is 2. The largest absolute Gasteiger partial charge is 0.330 e. The van der Waals surface area contributed by atoms with Gasteiger partial charge in [-0.3, -0.25) is 9.36 Å². The van der Waals surface area contributed by atoms with E-state index in [9.17, 15) is 9.18 Å². The number of hydrogen-bond acceptors (Lipinski definition) is 2. The van der Waals surface area contributed by atoms with Crippen molar-refractivity contribution in [2.45, 2.75) is 26.4 Å². The van der Waals surface area contributed by atoms with Crippen LogP contribution in [0.4, 0.5) is 4.39 Å². The van der Waals surface area contributed by atoms with Crippen LogP contribution in [-0.2, 0) is 6.54 Å². The van der Waals surface area contributed by atoms with Gasteiger partial charge in [-0.25, -0.2) is 9.37 Å². The van der Waals surface area contributed by atoms with Crippen LogP contribution in [-0.4, -0.2) is 14.1 Å². The van der Waals surface area contributed by atoms with Crippen molar-refractivity contribution in [1.29, 1.82) is 0 Å². The molecule has 0 aliphatic carbocycles. The van der Waals surface area contributed by atoms with Crippen LogP contribution in [0.1, 0.15) is 29.7 Å². The van der Waals surface area contributed by atoms with Gasteiger partial charge in [-0.2, -0.15) is 0 Å². The molecular formula is C26H21ClFN3O. The Morgan fingerprint density at radius 2 is 1.84 bits per heavy atom. The quantitative estimate of drug-likeness (QED) is 0.335. The van der Waals surface area contributed by atoms with Crippen LogP contribution in [0.3, 0.4) is 0 Å². The lowest BCUT2D eigenvalue weighted by atomic mass is 10.1. The number of nitrogens with zero attached hydrogens (tertiary/aromatic N) is 3. The van der Waals surface area contributed by atoms with Gasteiger partial charge in [-0.15, -0.1) is 0 Å². The molecule has 0 saturated carbocycles. The summed E-state index contributed by atoms with van der Waals surface area (Å²) in [5.74, 6) is -0.401. The minimum atomic E-state index is -0.401. The molecule has 160 valence electrons. The third kappa shape index (κ3) is 3.30. The second-order valence-electron chi connectivity index (χ2n) is 8.05. The second kappa shape index (κ2) is 7.92. The second-order valence-corrected chi connectivity index (χ2v) is 8.46. The highest BCUT2D eigenvalue weighted by molar-refractivity contribution is 6.31. The lowest BCUT2D eigenvalue weighted by molar-refractivity contribution is 0.597. The molecule has 32 heavy (non-hydrogen) atoms. The smallest absolute Gasteiger partial charge is 0.278 e. The lowest BCUT2D eigenvalue weighted by Gasteiger charge is -2.16. The van der Waals surface area contributed by atoms with Gasteiger partial charge in [-0.05, 0) is 43.7 Å². The van der Waals surface area contributed by atoms with Gasteiger partial charge in [0.25, 0.3) is 5.56 Å². The molecule has 5 aromatic rings. The van der Waals surface area contributed by atoms with Crippen LogP contribution >= 0.6 is 11.6 Å². The highest BCUT2D eigenvalue weighted by Gasteiger charge is 2.20. The van der Waals surface area contributed by atoms with Crippen molar-refractivity contribution in [3.8, 4) is 0 Å². The van der Waals surface area contributed by atoms with Crippen LogP contribution in [0.15, 0.2) is 77.9 Å². The summed E-state index contributed by atoms with van der Waals surface area (Å²) in [6.45, 7) is 4.10. The van der Waals surface area contributed by atoms with E-state index in [4.69, 9.17) is 11.6 Å². The highest BCUT2D eigenvalue weighted by Crippen LogP contribution is 2.30. The third-order valence-electron chi connectivity index (χ3n) is 6.02. The predicted molar refractivity (Wildman–Crippen MR) is 127 cm³/mol. The first-order valence-corrected chi connectivity index (χ1v) is 10.8. The maximum Gasteiger partial charge on any atom is 0.278 e. The normalized spacial score (nSPS) is 12.5.